The van der Waals surface area contributed by atoms with Gasteiger partial charge in [0.05, 0.1) is 11.9 Å². The van der Waals surface area contributed by atoms with Crippen molar-refractivity contribution < 1.29 is 22.4 Å². The quantitative estimate of drug-likeness (QED) is 0.552. The van der Waals surface area contributed by atoms with E-state index in [-0.39, 0.29) is 18.4 Å². The van der Waals surface area contributed by atoms with E-state index in [1.165, 1.54) is 29.2 Å². The first-order chi connectivity index (χ1) is 15.8. The number of carbonyl (C=O) groups excluding carboxylic acids is 2. The monoisotopic (exact) mass is 491 g/mol. The van der Waals surface area contributed by atoms with E-state index in [4.69, 9.17) is 0 Å². The Hall–Kier alpha value is -2.94. The second-order valence-corrected chi connectivity index (χ2v) is 10.9. The number of amides is 2. The summed E-state index contributed by atoms with van der Waals surface area (Å²) in [6.07, 6.45) is 1.05. The maximum absolute atomic E-state index is 13.5. The van der Waals surface area contributed by atoms with E-state index in [0.717, 1.165) is 10.6 Å². The van der Waals surface area contributed by atoms with Crippen LogP contribution >= 0.6 is 0 Å². The third-order valence-corrected chi connectivity index (χ3v) is 6.60. The molecule has 0 unspecified atom stereocenters. The molecule has 0 bridgehead atoms. The van der Waals surface area contributed by atoms with Gasteiger partial charge < -0.3 is 10.2 Å². The normalized spacial score (nSPS) is 12.4. The second kappa shape index (κ2) is 11.5. The molecular weight excluding hydrogens is 457 g/mol. The Labute approximate surface area is 202 Å². The molecular formula is C25H34FN3O4S. The summed E-state index contributed by atoms with van der Waals surface area (Å²) in [6.45, 7) is 9.09. The minimum absolute atomic E-state index is 0.0275. The van der Waals surface area contributed by atoms with Crippen molar-refractivity contribution in [3.63, 3.8) is 0 Å². The molecule has 0 aliphatic carbocycles. The van der Waals surface area contributed by atoms with E-state index in [1.54, 1.807) is 32.9 Å². The number of aryl methyl sites for hydroxylation is 2. The number of nitrogens with zero attached hydrogens (tertiary/aromatic N) is 2. The lowest BCUT2D eigenvalue weighted by molar-refractivity contribution is -0.139. The first-order valence-corrected chi connectivity index (χ1v) is 13.0. The van der Waals surface area contributed by atoms with Gasteiger partial charge in [0.1, 0.15) is 18.4 Å². The number of anilines is 1. The van der Waals surface area contributed by atoms with Crippen LogP contribution in [0.4, 0.5) is 10.1 Å². The Morgan fingerprint density at radius 1 is 1.00 bits per heavy atom. The maximum Gasteiger partial charge on any atom is 0.244 e. The van der Waals surface area contributed by atoms with Crippen molar-refractivity contribution in [3.8, 4) is 0 Å². The lowest BCUT2D eigenvalue weighted by Gasteiger charge is -2.32. The Bertz CT molecular complexity index is 1100. The lowest BCUT2D eigenvalue weighted by atomic mass is 10.1. The number of hydrogen-bond acceptors (Lipinski definition) is 4. The molecule has 2 aromatic rings. The molecule has 0 spiro atoms. The largest absolute Gasteiger partial charge is 0.354 e. The van der Waals surface area contributed by atoms with E-state index in [1.807, 2.05) is 19.9 Å². The molecule has 0 saturated heterocycles. The van der Waals surface area contributed by atoms with E-state index in [9.17, 15) is 22.4 Å². The van der Waals surface area contributed by atoms with Crippen molar-refractivity contribution in [2.75, 3.05) is 23.7 Å². The van der Waals surface area contributed by atoms with Crippen LogP contribution in [0.25, 0.3) is 0 Å². The third-order valence-electron chi connectivity index (χ3n) is 5.49. The van der Waals surface area contributed by atoms with Crippen molar-refractivity contribution in [3.05, 3.63) is 65.0 Å². The molecule has 1 N–H and O–H groups in total. The molecule has 0 aliphatic rings. The minimum atomic E-state index is -3.80. The van der Waals surface area contributed by atoms with Crippen molar-refractivity contribution in [2.24, 2.45) is 5.92 Å². The van der Waals surface area contributed by atoms with E-state index < -0.39 is 34.3 Å². The highest BCUT2D eigenvalue weighted by Gasteiger charge is 2.31. The van der Waals surface area contributed by atoms with Gasteiger partial charge in [0.25, 0.3) is 0 Å². The summed E-state index contributed by atoms with van der Waals surface area (Å²) in [5.41, 5.74) is 2.49. The minimum Gasteiger partial charge on any atom is -0.354 e. The smallest absolute Gasteiger partial charge is 0.244 e. The molecule has 0 heterocycles. The Balaban J connectivity index is 2.41. The number of hydrogen-bond donors (Lipinski definition) is 1. The molecule has 7 nitrogen and oxygen atoms in total. The predicted molar refractivity (Wildman–Crippen MR) is 132 cm³/mol. The van der Waals surface area contributed by atoms with Crippen molar-refractivity contribution >= 4 is 27.5 Å². The molecule has 0 fully saturated rings. The number of nitrogens with one attached hydrogen (secondary N) is 1. The Morgan fingerprint density at radius 2 is 1.56 bits per heavy atom. The third kappa shape index (κ3) is 7.28. The van der Waals surface area contributed by atoms with Crippen molar-refractivity contribution in [2.45, 2.75) is 47.2 Å². The van der Waals surface area contributed by atoms with Crippen molar-refractivity contribution in [1.82, 2.24) is 10.2 Å². The fourth-order valence-electron chi connectivity index (χ4n) is 3.60. The van der Waals surface area contributed by atoms with Gasteiger partial charge in [-0.25, -0.2) is 12.8 Å². The summed E-state index contributed by atoms with van der Waals surface area (Å²) in [5.74, 6) is -1.07. The van der Waals surface area contributed by atoms with E-state index in [0.29, 0.717) is 28.9 Å². The molecule has 1 atom stereocenters. The summed E-state index contributed by atoms with van der Waals surface area (Å²) in [7, 11) is -3.80. The standard InChI is InChI=1S/C25H34FN3O4S/c1-17(2)14-27-25(31)20(5)28(15-21-10-12-22(26)13-11-21)23(30)16-29(34(6,32)33)24-18(3)8-7-9-19(24)4/h7-13,17,20H,14-16H2,1-6H3,(H,27,31)/t20-/m1/s1. The topological polar surface area (TPSA) is 86.8 Å². The molecule has 0 aliphatic heterocycles. The van der Waals surface area contributed by atoms with Gasteiger partial charge in [0, 0.05) is 13.1 Å². The van der Waals surface area contributed by atoms with Crippen LogP contribution in [-0.2, 0) is 26.2 Å². The lowest BCUT2D eigenvalue weighted by Crippen LogP contribution is -2.51. The average molecular weight is 492 g/mol. The molecule has 0 saturated carbocycles. The van der Waals surface area contributed by atoms with Crippen LogP contribution in [-0.4, -0.2) is 50.5 Å². The summed E-state index contributed by atoms with van der Waals surface area (Å²) >= 11 is 0. The number of benzene rings is 2. The number of carbonyl (C=O) groups is 2. The first-order valence-electron chi connectivity index (χ1n) is 11.2. The summed E-state index contributed by atoms with van der Waals surface area (Å²) in [4.78, 5) is 27.6. The zero-order chi connectivity index (χ0) is 25.6. The fourth-order valence-corrected chi connectivity index (χ4v) is 4.56. The highest BCUT2D eigenvalue weighted by Crippen LogP contribution is 2.27. The van der Waals surface area contributed by atoms with E-state index in [2.05, 4.69) is 5.32 Å². The van der Waals surface area contributed by atoms with Gasteiger partial charge in [-0.3, -0.25) is 13.9 Å². The summed E-state index contributed by atoms with van der Waals surface area (Å²) in [5, 5.41) is 2.82. The van der Waals surface area contributed by atoms with Crippen molar-refractivity contribution in [1.29, 1.82) is 0 Å². The van der Waals surface area contributed by atoms with Gasteiger partial charge in [0.2, 0.25) is 21.8 Å². The Kier molecular flexibility index (Phi) is 9.21. The van der Waals surface area contributed by atoms with E-state index >= 15 is 0 Å². The van der Waals surface area contributed by atoms with Gasteiger partial charge >= 0.3 is 0 Å². The number of sulfonamides is 1. The molecule has 2 amide bonds. The highest BCUT2D eigenvalue weighted by atomic mass is 32.2. The zero-order valence-electron chi connectivity index (χ0n) is 20.6. The first kappa shape index (κ1) is 27.3. The van der Waals surface area contributed by atoms with Gasteiger partial charge in [-0.05, 0) is 55.5 Å². The van der Waals surface area contributed by atoms with Crippen LogP contribution in [0, 0.1) is 25.6 Å². The zero-order valence-corrected chi connectivity index (χ0v) is 21.4. The second-order valence-electron chi connectivity index (χ2n) is 8.97. The summed E-state index contributed by atoms with van der Waals surface area (Å²) < 4.78 is 39.9. The molecule has 34 heavy (non-hydrogen) atoms. The molecule has 9 heteroatoms. The molecule has 186 valence electrons. The van der Waals surface area contributed by atoms with Gasteiger partial charge in [-0.15, -0.1) is 0 Å². The Morgan fingerprint density at radius 3 is 2.06 bits per heavy atom. The number of halogens is 1. The molecule has 0 radical (unpaired) electrons. The molecule has 2 aromatic carbocycles. The predicted octanol–water partition coefficient (Wildman–Crippen LogP) is 3.40. The highest BCUT2D eigenvalue weighted by molar-refractivity contribution is 7.92. The average Bonchev–Trinajstić information content (AvgIpc) is 2.74. The fraction of sp³-hybridized carbons (Fsp3) is 0.440. The number of rotatable bonds is 10. The van der Waals surface area contributed by atoms with Crippen LogP contribution < -0.4 is 9.62 Å². The van der Waals surface area contributed by atoms with Crippen LogP contribution in [0.1, 0.15) is 37.5 Å². The van der Waals surface area contributed by atoms with Crippen LogP contribution in [0.5, 0.6) is 0 Å². The molecule has 2 rings (SSSR count). The molecule has 0 aromatic heterocycles. The maximum atomic E-state index is 13.5. The van der Waals surface area contributed by atoms with Gasteiger partial charge in [-0.2, -0.15) is 0 Å². The summed E-state index contributed by atoms with van der Waals surface area (Å²) in [6, 6.07) is 10.1. The SMILES string of the molecule is Cc1cccc(C)c1N(CC(=O)N(Cc1ccc(F)cc1)[C@H](C)C(=O)NCC(C)C)S(C)(=O)=O. The van der Waals surface area contributed by atoms with Gasteiger partial charge in [-0.1, -0.05) is 44.2 Å². The number of para-hydroxylation sites is 1. The van der Waals surface area contributed by atoms with Gasteiger partial charge in [0.15, 0.2) is 0 Å². The van der Waals surface area contributed by atoms with Crippen LogP contribution in [0.2, 0.25) is 0 Å². The van der Waals surface area contributed by atoms with Crippen LogP contribution in [0.3, 0.4) is 0 Å². The van der Waals surface area contributed by atoms with Crippen LogP contribution in [0.15, 0.2) is 42.5 Å².